The molecule has 2 aliphatic heterocycles. The van der Waals surface area contributed by atoms with Crippen molar-refractivity contribution >= 4 is 11.7 Å². The molecule has 1 aromatic heterocycles. The first kappa shape index (κ1) is 21.5. The van der Waals surface area contributed by atoms with Crippen molar-refractivity contribution in [2.24, 2.45) is 5.92 Å². The first-order valence-corrected chi connectivity index (χ1v) is 10.6. The summed E-state index contributed by atoms with van der Waals surface area (Å²) in [6, 6.07) is 11.7. The van der Waals surface area contributed by atoms with Crippen molar-refractivity contribution in [2.45, 2.75) is 37.9 Å². The molecule has 1 aromatic carbocycles. The zero-order valence-corrected chi connectivity index (χ0v) is 17.4. The molecule has 2 aliphatic rings. The Bertz CT molecular complexity index is 917. The fourth-order valence-electron chi connectivity index (χ4n) is 4.60. The van der Waals surface area contributed by atoms with Gasteiger partial charge in [0, 0.05) is 26.1 Å². The molecule has 31 heavy (non-hydrogen) atoms. The summed E-state index contributed by atoms with van der Waals surface area (Å²) in [5.41, 5.74) is 0.189. The van der Waals surface area contributed by atoms with Crippen molar-refractivity contribution < 1.29 is 22.7 Å². The number of benzene rings is 1. The largest absolute Gasteiger partial charge is 0.497 e. The number of nitrogens with zero attached hydrogens (tertiary/aromatic N) is 3. The molecule has 4 rings (SSSR count). The highest BCUT2D eigenvalue weighted by Gasteiger charge is 2.41. The predicted octanol–water partition coefficient (Wildman–Crippen LogP) is 4.17. The molecule has 8 heteroatoms. The number of hydrogen-bond acceptors (Lipinski definition) is 4. The maximum absolute atomic E-state index is 13.0. The maximum atomic E-state index is 13.0. The average Bonchev–Trinajstić information content (AvgIpc) is 3.20. The van der Waals surface area contributed by atoms with Crippen molar-refractivity contribution in [2.75, 3.05) is 31.6 Å². The topological polar surface area (TPSA) is 45.7 Å². The number of fused-ring (bicyclic) bond motifs is 1. The molecule has 3 heterocycles. The lowest BCUT2D eigenvalue weighted by Gasteiger charge is -2.39. The highest BCUT2D eigenvalue weighted by atomic mass is 19.4. The minimum Gasteiger partial charge on any atom is -0.497 e. The van der Waals surface area contributed by atoms with Gasteiger partial charge in [0.05, 0.1) is 13.2 Å². The minimum atomic E-state index is -4.47. The van der Waals surface area contributed by atoms with E-state index >= 15 is 0 Å². The molecule has 166 valence electrons. The third-order valence-corrected chi connectivity index (χ3v) is 6.32. The van der Waals surface area contributed by atoms with Crippen LogP contribution in [0, 0.1) is 5.92 Å². The van der Waals surface area contributed by atoms with Crippen molar-refractivity contribution in [3.8, 4) is 5.75 Å². The number of likely N-dealkylation sites (tertiary alicyclic amines) is 1. The number of piperidine rings is 1. The van der Waals surface area contributed by atoms with E-state index in [1.807, 2.05) is 34.1 Å². The Balaban J connectivity index is 1.40. The van der Waals surface area contributed by atoms with E-state index in [0.29, 0.717) is 44.2 Å². The highest BCUT2D eigenvalue weighted by Crippen LogP contribution is 2.35. The summed E-state index contributed by atoms with van der Waals surface area (Å²) in [6.45, 7) is 1.89. The van der Waals surface area contributed by atoms with Gasteiger partial charge in [-0.3, -0.25) is 4.79 Å². The number of alkyl halides is 3. The molecule has 0 bridgehead atoms. The molecule has 2 unspecified atom stereocenters. The third kappa shape index (κ3) is 4.78. The molecule has 5 nitrogen and oxygen atoms in total. The second-order valence-corrected chi connectivity index (χ2v) is 8.16. The predicted molar refractivity (Wildman–Crippen MR) is 111 cm³/mol. The van der Waals surface area contributed by atoms with Gasteiger partial charge >= 0.3 is 6.18 Å². The normalized spacial score (nSPS) is 21.2. The molecule has 2 saturated heterocycles. The lowest BCUT2D eigenvalue weighted by Crippen LogP contribution is -2.50. The van der Waals surface area contributed by atoms with Crippen molar-refractivity contribution in [3.05, 3.63) is 53.7 Å². The fraction of sp³-hybridized carbons (Fsp3) is 0.478. The van der Waals surface area contributed by atoms with E-state index in [-0.39, 0.29) is 11.9 Å². The summed E-state index contributed by atoms with van der Waals surface area (Å²) in [7, 11) is 1.62. The molecule has 0 aliphatic carbocycles. The Labute approximate surface area is 179 Å². The van der Waals surface area contributed by atoms with Crippen LogP contribution in [-0.2, 0) is 17.4 Å². The first-order chi connectivity index (χ1) is 14.8. The molecular weight excluding hydrogens is 407 g/mol. The number of carbonyl (C=O) groups excluding carboxylic acids is 1. The molecule has 0 N–H and O–H groups in total. The number of carbonyl (C=O) groups is 1. The van der Waals surface area contributed by atoms with Crippen LogP contribution in [0.15, 0.2) is 42.5 Å². The summed E-state index contributed by atoms with van der Waals surface area (Å²) in [6.07, 6.45) is -1.61. The highest BCUT2D eigenvalue weighted by molar-refractivity contribution is 5.77. The number of methoxy groups -OCH3 is 1. The van der Waals surface area contributed by atoms with E-state index in [1.54, 1.807) is 13.2 Å². The van der Waals surface area contributed by atoms with E-state index in [1.165, 1.54) is 6.07 Å². The lowest BCUT2D eigenvalue weighted by atomic mass is 9.92. The number of anilines is 1. The second-order valence-electron chi connectivity index (χ2n) is 8.16. The standard InChI is InChI=1S/C23H26F3N3O2/c1-31-18-8-5-16(6-9-18)7-10-22(30)29-14-12-17-11-13-28(15-19(17)29)21-4-2-3-20(27-21)23(24,25)26/h2-6,8-9,17,19H,7,10-15H2,1H3. The molecule has 1 amide bonds. The van der Waals surface area contributed by atoms with Crippen LogP contribution in [0.25, 0.3) is 0 Å². The number of halogens is 3. The van der Waals surface area contributed by atoms with Gasteiger partial charge in [-0.15, -0.1) is 0 Å². The number of aromatic nitrogens is 1. The van der Waals surface area contributed by atoms with Crippen molar-refractivity contribution in [1.82, 2.24) is 9.88 Å². The molecule has 2 atom stereocenters. The van der Waals surface area contributed by atoms with Crippen molar-refractivity contribution in [3.63, 3.8) is 0 Å². The lowest BCUT2D eigenvalue weighted by molar-refractivity contribution is -0.141. The number of aryl methyl sites for hydroxylation is 1. The number of rotatable bonds is 5. The van der Waals surface area contributed by atoms with Crippen LogP contribution < -0.4 is 9.64 Å². The third-order valence-electron chi connectivity index (χ3n) is 6.32. The van der Waals surface area contributed by atoms with Crippen molar-refractivity contribution in [1.29, 1.82) is 0 Å². The van der Waals surface area contributed by atoms with Crippen LogP contribution in [0.1, 0.15) is 30.5 Å². The monoisotopic (exact) mass is 433 g/mol. The fourth-order valence-corrected chi connectivity index (χ4v) is 4.60. The second kappa shape index (κ2) is 8.77. The van der Waals surface area contributed by atoms with Gasteiger partial charge < -0.3 is 14.5 Å². The summed E-state index contributed by atoms with van der Waals surface area (Å²) in [5, 5.41) is 0. The summed E-state index contributed by atoms with van der Waals surface area (Å²) >= 11 is 0. The van der Waals surface area contributed by atoms with Crippen LogP contribution >= 0.6 is 0 Å². The van der Waals surface area contributed by atoms with Gasteiger partial charge in [0.15, 0.2) is 0 Å². The van der Waals surface area contributed by atoms with Gasteiger partial charge in [0.1, 0.15) is 17.3 Å². The smallest absolute Gasteiger partial charge is 0.433 e. The molecule has 0 spiro atoms. The maximum Gasteiger partial charge on any atom is 0.433 e. The molecule has 0 radical (unpaired) electrons. The molecule has 2 aromatic rings. The summed E-state index contributed by atoms with van der Waals surface area (Å²) < 4.78 is 44.3. The number of ether oxygens (including phenoxy) is 1. The van der Waals surface area contributed by atoms with Gasteiger partial charge in [-0.2, -0.15) is 13.2 Å². The van der Waals surface area contributed by atoms with E-state index < -0.39 is 11.9 Å². The van der Waals surface area contributed by atoms with E-state index in [2.05, 4.69) is 4.98 Å². The zero-order valence-electron chi connectivity index (χ0n) is 17.4. The summed E-state index contributed by atoms with van der Waals surface area (Å²) in [4.78, 5) is 20.6. The van der Waals surface area contributed by atoms with E-state index in [9.17, 15) is 18.0 Å². The van der Waals surface area contributed by atoms with E-state index in [4.69, 9.17) is 4.74 Å². The van der Waals surface area contributed by atoms with Gasteiger partial charge in [0.2, 0.25) is 5.91 Å². The minimum absolute atomic E-state index is 0.0217. The van der Waals surface area contributed by atoms with Crippen LogP contribution in [0.4, 0.5) is 19.0 Å². The molecular formula is C23H26F3N3O2. The van der Waals surface area contributed by atoms with Gasteiger partial charge in [-0.25, -0.2) is 4.98 Å². The van der Waals surface area contributed by atoms with Gasteiger partial charge in [-0.1, -0.05) is 18.2 Å². The van der Waals surface area contributed by atoms with Crippen LogP contribution in [-0.4, -0.2) is 48.6 Å². The number of pyridine rings is 1. The SMILES string of the molecule is COc1ccc(CCC(=O)N2CCC3CCN(c4cccc(C(F)(F)F)n4)CC32)cc1. The first-order valence-electron chi connectivity index (χ1n) is 10.6. The number of hydrogen-bond donors (Lipinski definition) is 0. The summed E-state index contributed by atoms with van der Waals surface area (Å²) in [5.74, 6) is 1.60. The molecule has 0 saturated carbocycles. The van der Waals surface area contributed by atoms with E-state index in [0.717, 1.165) is 30.2 Å². The Morgan fingerprint density at radius 1 is 1.13 bits per heavy atom. The van der Waals surface area contributed by atoms with Crippen LogP contribution in [0.5, 0.6) is 5.75 Å². The Morgan fingerprint density at radius 3 is 2.58 bits per heavy atom. The molecule has 2 fully saturated rings. The Kier molecular flexibility index (Phi) is 6.07. The Hall–Kier alpha value is -2.77. The quantitative estimate of drug-likeness (QED) is 0.710. The van der Waals surface area contributed by atoms with Gasteiger partial charge in [0.25, 0.3) is 0 Å². The Morgan fingerprint density at radius 2 is 1.87 bits per heavy atom. The number of amides is 1. The average molecular weight is 433 g/mol. The van der Waals surface area contributed by atoms with Crippen LogP contribution in [0.2, 0.25) is 0 Å². The van der Waals surface area contributed by atoms with Gasteiger partial charge in [-0.05, 0) is 55.0 Å². The van der Waals surface area contributed by atoms with Crippen LogP contribution in [0.3, 0.4) is 0 Å². The zero-order chi connectivity index (χ0) is 22.0.